The largest absolute Gasteiger partial charge is 0.444 e. The molecule has 2 amide bonds. The molecule has 0 bridgehead atoms. The van der Waals surface area contributed by atoms with Crippen molar-refractivity contribution >= 4 is 40.1 Å². The van der Waals surface area contributed by atoms with Gasteiger partial charge in [0.1, 0.15) is 16.9 Å². The summed E-state index contributed by atoms with van der Waals surface area (Å²) in [6, 6.07) is 23.4. The van der Waals surface area contributed by atoms with E-state index in [4.69, 9.17) is 9.47 Å². The molecule has 0 saturated carbocycles. The maximum absolute atomic E-state index is 13.6. The first-order valence-corrected chi connectivity index (χ1v) is 15.6. The second-order valence-electron chi connectivity index (χ2n) is 13.5. The van der Waals surface area contributed by atoms with E-state index in [0.29, 0.717) is 43.1 Å². The zero-order valence-electron chi connectivity index (χ0n) is 27.4. The van der Waals surface area contributed by atoms with Crippen molar-refractivity contribution < 1.29 is 23.9 Å². The van der Waals surface area contributed by atoms with Crippen molar-refractivity contribution in [3.05, 3.63) is 90.3 Å². The minimum absolute atomic E-state index is 0.0460. The molecule has 5 rings (SSSR count). The Bertz CT molecular complexity index is 1730. The van der Waals surface area contributed by atoms with E-state index in [1.807, 2.05) is 81.4 Å². The first kappa shape index (κ1) is 32.5. The number of nitrogens with zero attached hydrogens (tertiary/aromatic N) is 3. The molecule has 1 saturated heterocycles. The smallest absolute Gasteiger partial charge is 0.412 e. The van der Waals surface area contributed by atoms with Gasteiger partial charge in [0.2, 0.25) is 0 Å². The summed E-state index contributed by atoms with van der Waals surface area (Å²) in [5.74, 6) is -0.165. The summed E-state index contributed by atoms with van der Waals surface area (Å²) in [6.45, 7) is 13.6. The van der Waals surface area contributed by atoms with Crippen molar-refractivity contribution in [1.82, 2.24) is 9.88 Å². The van der Waals surface area contributed by atoms with Crippen LogP contribution in [0, 0.1) is 0 Å². The van der Waals surface area contributed by atoms with Gasteiger partial charge in [-0.15, -0.1) is 0 Å². The third-order valence-electron chi connectivity index (χ3n) is 7.49. The number of benzene rings is 3. The highest BCUT2D eigenvalue weighted by Gasteiger charge is 2.26. The Morgan fingerprint density at radius 2 is 1.46 bits per heavy atom. The van der Waals surface area contributed by atoms with Gasteiger partial charge in [0, 0.05) is 55.6 Å². The summed E-state index contributed by atoms with van der Waals surface area (Å²) in [5, 5.41) is 4.64. The number of hydrogen-bond acceptors (Lipinski definition) is 7. The van der Waals surface area contributed by atoms with Gasteiger partial charge in [-0.3, -0.25) is 15.1 Å². The fraction of sp³-hybridized carbons (Fsp3) is 0.351. The molecule has 240 valence electrons. The van der Waals surface area contributed by atoms with E-state index < -0.39 is 17.3 Å². The van der Waals surface area contributed by atoms with Crippen LogP contribution in [-0.4, -0.2) is 65.2 Å². The van der Waals surface area contributed by atoms with E-state index in [2.05, 4.69) is 21.3 Å². The predicted molar refractivity (Wildman–Crippen MR) is 182 cm³/mol. The summed E-state index contributed by atoms with van der Waals surface area (Å²) in [4.78, 5) is 47.2. The number of carbonyl (C=O) groups is 3. The first-order valence-electron chi connectivity index (χ1n) is 15.6. The molecule has 3 aromatic carbocycles. The number of carbonyl (C=O) groups excluding carboxylic acids is 3. The second kappa shape index (κ2) is 13.2. The Labute approximate surface area is 270 Å². The molecule has 9 heteroatoms. The molecule has 9 nitrogen and oxygen atoms in total. The predicted octanol–water partition coefficient (Wildman–Crippen LogP) is 7.73. The van der Waals surface area contributed by atoms with Crippen LogP contribution in [0.2, 0.25) is 0 Å². The lowest BCUT2D eigenvalue weighted by Gasteiger charge is -2.36. The van der Waals surface area contributed by atoms with Gasteiger partial charge in [-0.05, 0) is 94.0 Å². The number of pyridine rings is 1. The number of nitrogens with one attached hydrogen (secondary N) is 1. The lowest BCUT2D eigenvalue weighted by Crippen LogP contribution is -2.50. The Kier molecular flexibility index (Phi) is 9.32. The van der Waals surface area contributed by atoms with E-state index in [9.17, 15) is 14.4 Å². The van der Waals surface area contributed by atoms with Gasteiger partial charge in [-0.1, -0.05) is 42.5 Å². The molecule has 1 aliphatic rings. The van der Waals surface area contributed by atoms with Gasteiger partial charge in [-0.25, -0.2) is 9.59 Å². The van der Waals surface area contributed by atoms with Crippen LogP contribution in [0.25, 0.3) is 21.9 Å². The van der Waals surface area contributed by atoms with E-state index >= 15 is 0 Å². The van der Waals surface area contributed by atoms with Crippen LogP contribution in [-0.2, 0) is 15.9 Å². The molecule has 1 N–H and O–H groups in total. The maximum Gasteiger partial charge on any atom is 0.412 e. The molecule has 2 heterocycles. The van der Waals surface area contributed by atoms with E-state index in [1.165, 1.54) is 0 Å². The lowest BCUT2D eigenvalue weighted by atomic mass is 9.97. The van der Waals surface area contributed by atoms with Gasteiger partial charge in [-0.2, -0.15) is 0 Å². The number of Topliss-reactive ketones (excluding diaryl/α,β-unsaturated/α-hetero) is 1. The third kappa shape index (κ3) is 8.41. The molecule has 0 atom stereocenters. The molecule has 0 aliphatic carbocycles. The van der Waals surface area contributed by atoms with Crippen LogP contribution >= 0.6 is 0 Å². The average molecular weight is 623 g/mol. The normalized spacial score (nSPS) is 13.8. The summed E-state index contributed by atoms with van der Waals surface area (Å²) >= 11 is 0. The number of anilines is 2. The quantitative estimate of drug-likeness (QED) is 0.220. The molecule has 1 aliphatic heterocycles. The number of ether oxygens (including phenoxy) is 2. The van der Waals surface area contributed by atoms with Crippen molar-refractivity contribution in [1.29, 1.82) is 0 Å². The lowest BCUT2D eigenvalue weighted by molar-refractivity contribution is 0.0240. The number of fused-ring (bicyclic) bond motifs is 1. The van der Waals surface area contributed by atoms with Gasteiger partial charge in [0.25, 0.3) is 0 Å². The summed E-state index contributed by atoms with van der Waals surface area (Å²) in [6.07, 6.45) is 0.902. The molecule has 1 fully saturated rings. The topological polar surface area (TPSA) is 101 Å². The highest BCUT2D eigenvalue weighted by atomic mass is 16.6. The molecule has 0 radical (unpaired) electrons. The third-order valence-corrected chi connectivity index (χ3v) is 7.49. The van der Waals surface area contributed by atoms with Crippen LogP contribution in [0.3, 0.4) is 0 Å². The fourth-order valence-corrected chi connectivity index (χ4v) is 5.30. The minimum Gasteiger partial charge on any atom is -0.444 e. The second-order valence-corrected chi connectivity index (χ2v) is 13.5. The van der Waals surface area contributed by atoms with E-state index in [1.54, 1.807) is 37.9 Å². The summed E-state index contributed by atoms with van der Waals surface area (Å²) in [5.41, 5.74) is 3.32. The Morgan fingerprint density at radius 1 is 0.761 bits per heavy atom. The van der Waals surface area contributed by atoms with Crippen molar-refractivity contribution in [2.45, 2.75) is 59.2 Å². The Balaban J connectivity index is 1.32. The number of rotatable bonds is 6. The van der Waals surface area contributed by atoms with Crippen LogP contribution < -0.4 is 10.2 Å². The Hall–Kier alpha value is -4.92. The van der Waals surface area contributed by atoms with Crippen LogP contribution in [0.15, 0.2) is 79.0 Å². The summed E-state index contributed by atoms with van der Waals surface area (Å²) < 4.78 is 11.0. The SMILES string of the molecule is CC(C)(C)OC(=O)Nc1ccc(-c2ccccc2)cc1CC(=O)c1cc2ccc(N3CCN(C(=O)OC(C)(C)C)CC3)cc2cn1. The number of hydrogen-bond donors (Lipinski definition) is 1. The number of piperazine rings is 1. The van der Waals surface area contributed by atoms with Crippen LogP contribution in [0.5, 0.6) is 0 Å². The van der Waals surface area contributed by atoms with Gasteiger partial charge >= 0.3 is 12.2 Å². The number of amides is 2. The van der Waals surface area contributed by atoms with Crippen LogP contribution in [0.1, 0.15) is 57.6 Å². The monoisotopic (exact) mass is 622 g/mol. The molecule has 0 unspecified atom stereocenters. The van der Waals surface area contributed by atoms with E-state index in [-0.39, 0.29) is 18.3 Å². The standard InChI is InChI=1S/C37H42N4O5/c1-36(2,3)45-34(43)39-31-15-13-26(25-10-8-7-9-11-25)20-28(31)23-33(42)32-22-27-12-14-30(21-29(27)24-38-32)40-16-18-41(19-17-40)35(44)46-37(4,5)6/h7-15,20-22,24H,16-19,23H2,1-6H3,(H,39,43). The molecule has 1 aromatic heterocycles. The van der Waals surface area contributed by atoms with Crippen molar-refractivity contribution in [3.63, 3.8) is 0 Å². The fourth-order valence-electron chi connectivity index (χ4n) is 5.30. The minimum atomic E-state index is -0.659. The molecule has 4 aromatic rings. The van der Waals surface area contributed by atoms with Crippen molar-refractivity contribution in [3.8, 4) is 11.1 Å². The van der Waals surface area contributed by atoms with E-state index in [0.717, 1.165) is 27.6 Å². The number of ketones is 1. The maximum atomic E-state index is 13.6. The summed E-state index contributed by atoms with van der Waals surface area (Å²) in [7, 11) is 0. The first-order chi connectivity index (χ1) is 21.7. The van der Waals surface area contributed by atoms with Crippen LogP contribution in [0.4, 0.5) is 21.0 Å². The van der Waals surface area contributed by atoms with Gasteiger partial charge in [0.15, 0.2) is 5.78 Å². The highest BCUT2D eigenvalue weighted by molar-refractivity contribution is 6.00. The van der Waals surface area contributed by atoms with Gasteiger partial charge in [0.05, 0.1) is 0 Å². The molecule has 0 spiro atoms. The zero-order chi connectivity index (χ0) is 33.1. The average Bonchev–Trinajstić information content (AvgIpc) is 3.00. The number of aromatic nitrogens is 1. The molecule has 46 heavy (non-hydrogen) atoms. The molecular formula is C37H42N4O5. The van der Waals surface area contributed by atoms with Crippen molar-refractivity contribution in [2.75, 3.05) is 36.4 Å². The Morgan fingerprint density at radius 3 is 2.13 bits per heavy atom. The zero-order valence-corrected chi connectivity index (χ0v) is 27.4. The van der Waals surface area contributed by atoms with Crippen molar-refractivity contribution in [2.24, 2.45) is 0 Å². The highest BCUT2D eigenvalue weighted by Crippen LogP contribution is 2.28. The molecular weight excluding hydrogens is 580 g/mol. The van der Waals surface area contributed by atoms with Gasteiger partial charge < -0.3 is 19.3 Å².